The normalized spacial score (nSPS) is 10.5. The number of para-hydroxylation sites is 1. The van der Waals surface area contributed by atoms with E-state index in [0.29, 0.717) is 16.9 Å². The molecule has 0 aliphatic heterocycles. The van der Waals surface area contributed by atoms with Crippen LogP contribution in [0.25, 0.3) is 5.69 Å². The minimum Gasteiger partial charge on any atom is -0.345 e. The van der Waals surface area contributed by atoms with Crippen LogP contribution in [0.5, 0.6) is 0 Å². The molecule has 0 fully saturated rings. The van der Waals surface area contributed by atoms with Crippen molar-refractivity contribution in [1.29, 1.82) is 0 Å². The summed E-state index contributed by atoms with van der Waals surface area (Å²) < 4.78 is 1.81. The van der Waals surface area contributed by atoms with E-state index in [1.54, 1.807) is 44.6 Å². The molecule has 0 radical (unpaired) electrons. The summed E-state index contributed by atoms with van der Waals surface area (Å²) in [6.45, 7) is 0. The van der Waals surface area contributed by atoms with Crippen molar-refractivity contribution in [2.45, 2.75) is 5.16 Å². The monoisotopic (exact) mass is 380 g/mol. The Morgan fingerprint density at radius 1 is 1.07 bits per heavy atom. The van der Waals surface area contributed by atoms with Gasteiger partial charge in [0.05, 0.1) is 6.20 Å². The number of hydrogen-bond donors (Lipinski definition) is 1. The Hall–Kier alpha value is -3.06. The number of anilines is 1. The molecule has 138 valence electrons. The first kappa shape index (κ1) is 18.7. The molecule has 1 N–H and O–H groups in total. The Balaban J connectivity index is 1.91. The van der Waals surface area contributed by atoms with Crippen molar-refractivity contribution >= 4 is 29.3 Å². The molecule has 0 aliphatic rings. The molecule has 0 saturated heterocycles. The van der Waals surface area contributed by atoms with Gasteiger partial charge in [0.1, 0.15) is 5.69 Å². The quantitative estimate of drug-likeness (QED) is 0.688. The van der Waals surface area contributed by atoms with Gasteiger partial charge in [-0.25, -0.2) is 4.98 Å². The average Bonchev–Trinajstić information content (AvgIpc) is 3.12. The van der Waals surface area contributed by atoms with Crippen LogP contribution in [0.3, 0.4) is 0 Å². The fourth-order valence-corrected chi connectivity index (χ4v) is 3.19. The van der Waals surface area contributed by atoms with E-state index < -0.39 is 0 Å². The van der Waals surface area contributed by atoms with Crippen LogP contribution < -0.4 is 5.32 Å². The highest BCUT2D eigenvalue weighted by atomic mass is 32.2. The van der Waals surface area contributed by atoms with Gasteiger partial charge in [-0.05, 0) is 36.6 Å². The van der Waals surface area contributed by atoms with Gasteiger partial charge in [-0.3, -0.25) is 14.2 Å². The Bertz CT molecular complexity index is 967. The van der Waals surface area contributed by atoms with Crippen LogP contribution >= 0.6 is 11.8 Å². The first-order chi connectivity index (χ1) is 13.0. The van der Waals surface area contributed by atoms with Crippen LogP contribution in [0.4, 0.5) is 5.69 Å². The zero-order valence-corrected chi connectivity index (χ0v) is 16.2. The Morgan fingerprint density at radius 3 is 2.48 bits per heavy atom. The topological polar surface area (TPSA) is 67.2 Å². The van der Waals surface area contributed by atoms with E-state index in [2.05, 4.69) is 10.3 Å². The standard InChI is InChI=1S/C20H20N4O2S/c1-23(2)19(26)14-8-7-9-15(12-14)22-18(25)17-13-21-20(27-3)24(17)16-10-5-4-6-11-16/h4-13H,1-3H3,(H,22,25). The maximum absolute atomic E-state index is 12.9. The Kier molecular flexibility index (Phi) is 5.61. The van der Waals surface area contributed by atoms with Crippen molar-refractivity contribution < 1.29 is 9.59 Å². The Morgan fingerprint density at radius 2 is 1.81 bits per heavy atom. The molecule has 0 aliphatic carbocycles. The molecular formula is C20H20N4O2S. The number of carbonyl (C=O) groups excluding carboxylic acids is 2. The van der Waals surface area contributed by atoms with Crippen molar-refractivity contribution in [3.05, 3.63) is 72.1 Å². The highest BCUT2D eigenvalue weighted by Crippen LogP contribution is 2.22. The van der Waals surface area contributed by atoms with Crippen LogP contribution in [-0.2, 0) is 0 Å². The van der Waals surface area contributed by atoms with Gasteiger partial charge in [-0.15, -0.1) is 0 Å². The number of thioether (sulfide) groups is 1. The van der Waals surface area contributed by atoms with Crippen LogP contribution in [-0.4, -0.2) is 46.6 Å². The number of amides is 2. The van der Waals surface area contributed by atoms with E-state index in [-0.39, 0.29) is 11.8 Å². The lowest BCUT2D eigenvalue weighted by atomic mass is 10.2. The fourth-order valence-electron chi connectivity index (χ4n) is 2.65. The zero-order valence-electron chi connectivity index (χ0n) is 15.3. The first-order valence-corrected chi connectivity index (χ1v) is 9.54. The molecule has 0 unspecified atom stereocenters. The molecule has 1 heterocycles. The van der Waals surface area contributed by atoms with Gasteiger partial charge in [-0.1, -0.05) is 36.0 Å². The number of nitrogens with one attached hydrogen (secondary N) is 1. The lowest BCUT2D eigenvalue weighted by Gasteiger charge is -2.13. The van der Waals surface area contributed by atoms with Crippen LogP contribution in [0.1, 0.15) is 20.8 Å². The van der Waals surface area contributed by atoms with Crippen molar-refractivity contribution in [1.82, 2.24) is 14.5 Å². The molecule has 27 heavy (non-hydrogen) atoms. The number of benzene rings is 2. The highest BCUT2D eigenvalue weighted by molar-refractivity contribution is 7.98. The highest BCUT2D eigenvalue weighted by Gasteiger charge is 2.18. The summed E-state index contributed by atoms with van der Waals surface area (Å²) in [6.07, 6.45) is 3.47. The van der Waals surface area contributed by atoms with Crippen LogP contribution in [0.15, 0.2) is 66.0 Å². The first-order valence-electron chi connectivity index (χ1n) is 8.31. The summed E-state index contributed by atoms with van der Waals surface area (Å²) in [5.41, 5.74) is 2.36. The van der Waals surface area contributed by atoms with Gasteiger partial charge in [0.2, 0.25) is 0 Å². The number of carbonyl (C=O) groups is 2. The van der Waals surface area contributed by atoms with Crippen LogP contribution in [0.2, 0.25) is 0 Å². The van der Waals surface area contributed by atoms with E-state index in [9.17, 15) is 9.59 Å². The van der Waals surface area contributed by atoms with Gasteiger partial charge in [0.25, 0.3) is 11.8 Å². The maximum Gasteiger partial charge on any atom is 0.274 e. The van der Waals surface area contributed by atoms with Gasteiger partial charge in [0, 0.05) is 31.0 Å². The Labute approximate surface area is 162 Å². The predicted octanol–water partition coefficient (Wildman–Crippen LogP) is 3.55. The fraction of sp³-hybridized carbons (Fsp3) is 0.150. The molecule has 1 aromatic heterocycles. The minimum absolute atomic E-state index is 0.120. The lowest BCUT2D eigenvalue weighted by Crippen LogP contribution is -2.22. The molecular weight excluding hydrogens is 360 g/mol. The molecule has 0 spiro atoms. The van der Waals surface area contributed by atoms with Crippen molar-refractivity contribution in [2.75, 3.05) is 25.7 Å². The zero-order chi connectivity index (χ0) is 19.4. The van der Waals surface area contributed by atoms with Crippen molar-refractivity contribution in [2.24, 2.45) is 0 Å². The second kappa shape index (κ2) is 8.09. The third kappa shape index (κ3) is 4.03. The minimum atomic E-state index is -0.291. The second-order valence-electron chi connectivity index (χ2n) is 6.04. The number of aromatic nitrogens is 2. The van der Waals surface area contributed by atoms with Crippen molar-refractivity contribution in [3.8, 4) is 5.69 Å². The SMILES string of the molecule is CSc1ncc(C(=O)Nc2cccc(C(=O)N(C)C)c2)n1-c1ccccc1. The number of imidazole rings is 1. The maximum atomic E-state index is 12.9. The molecule has 3 aromatic rings. The molecule has 6 nitrogen and oxygen atoms in total. The summed E-state index contributed by atoms with van der Waals surface area (Å²) in [6, 6.07) is 16.5. The van der Waals surface area contributed by atoms with Crippen molar-refractivity contribution in [3.63, 3.8) is 0 Å². The molecule has 3 rings (SSSR count). The summed E-state index contributed by atoms with van der Waals surface area (Å²) >= 11 is 1.47. The number of rotatable bonds is 5. The summed E-state index contributed by atoms with van der Waals surface area (Å²) in [7, 11) is 3.38. The molecule has 0 atom stereocenters. The van der Waals surface area contributed by atoms with Crippen LogP contribution in [0, 0.1) is 0 Å². The van der Waals surface area contributed by atoms with E-state index >= 15 is 0 Å². The largest absolute Gasteiger partial charge is 0.345 e. The van der Waals surface area contributed by atoms with Gasteiger partial charge in [0.15, 0.2) is 5.16 Å². The summed E-state index contributed by atoms with van der Waals surface area (Å²) in [5, 5.41) is 3.59. The van der Waals surface area contributed by atoms with Gasteiger partial charge >= 0.3 is 0 Å². The molecule has 2 amide bonds. The summed E-state index contributed by atoms with van der Waals surface area (Å²) in [4.78, 5) is 30.8. The predicted molar refractivity (Wildman–Crippen MR) is 108 cm³/mol. The van der Waals surface area contributed by atoms with E-state index in [0.717, 1.165) is 10.8 Å². The lowest BCUT2D eigenvalue weighted by molar-refractivity contribution is 0.0827. The van der Waals surface area contributed by atoms with E-state index in [4.69, 9.17) is 0 Å². The van der Waals surface area contributed by atoms with E-state index in [1.807, 2.05) is 41.2 Å². The third-order valence-electron chi connectivity index (χ3n) is 3.93. The molecule has 0 bridgehead atoms. The smallest absolute Gasteiger partial charge is 0.274 e. The third-order valence-corrected chi connectivity index (χ3v) is 4.59. The summed E-state index contributed by atoms with van der Waals surface area (Å²) in [5.74, 6) is -0.411. The second-order valence-corrected chi connectivity index (χ2v) is 6.81. The molecule has 0 saturated carbocycles. The molecule has 2 aromatic carbocycles. The van der Waals surface area contributed by atoms with E-state index in [1.165, 1.54) is 16.7 Å². The average molecular weight is 380 g/mol. The van der Waals surface area contributed by atoms with Gasteiger partial charge < -0.3 is 10.2 Å². The number of hydrogen-bond acceptors (Lipinski definition) is 4. The van der Waals surface area contributed by atoms with Gasteiger partial charge in [-0.2, -0.15) is 0 Å². The molecule has 7 heteroatoms. The number of nitrogens with zero attached hydrogens (tertiary/aromatic N) is 3.